The monoisotopic (exact) mass is 442 g/mol. The summed E-state index contributed by atoms with van der Waals surface area (Å²) in [5.41, 5.74) is 1.03. The molecule has 0 amide bonds. The van der Waals surface area contributed by atoms with Gasteiger partial charge in [0.1, 0.15) is 0 Å². The SMILES string of the molecule is Cc1nc2nc(-c3ccccc3)c(C(F)(F)F)c(-c3ccccc3)c2cc1Br. The number of halogens is 4. The minimum Gasteiger partial charge on any atom is -0.232 e. The van der Waals surface area contributed by atoms with E-state index in [1.807, 2.05) is 0 Å². The molecule has 0 aliphatic heterocycles. The maximum atomic E-state index is 14.3. The minimum absolute atomic E-state index is 0.0881. The normalized spacial score (nSPS) is 11.8. The van der Waals surface area contributed by atoms with Crippen molar-refractivity contribution in [3.8, 4) is 22.4 Å². The second-order valence-corrected chi connectivity index (χ2v) is 7.22. The summed E-state index contributed by atoms with van der Waals surface area (Å²) >= 11 is 3.39. The van der Waals surface area contributed by atoms with E-state index in [1.54, 1.807) is 73.7 Å². The Bertz CT molecular complexity index is 1160. The third-order valence-corrected chi connectivity index (χ3v) is 5.30. The van der Waals surface area contributed by atoms with Gasteiger partial charge >= 0.3 is 6.18 Å². The van der Waals surface area contributed by atoms with E-state index in [0.717, 1.165) is 0 Å². The Morgan fingerprint density at radius 3 is 1.96 bits per heavy atom. The Hall–Kier alpha value is -2.73. The predicted octanol–water partition coefficient (Wildman–Crippen LogP) is 7.05. The molecule has 0 saturated heterocycles. The number of rotatable bonds is 2. The van der Waals surface area contributed by atoms with Gasteiger partial charge in [-0.2, -0.15) is 13.2 Å². The molecule has 0 bridgehead atoms. The molecule has 28 heavy (non-hydrogen) atoms. The summed E-state index contributed by atoms with van der Waals surface area (Å²) in [6.07, 6.45) is -4.59. The molecule has 2 nitrogen and oxygen atoms in total. The first-order valence-corrected chi connectivity index (χ1v) is 9.34. The molecule has 4 aromatic rings. The zero-order valence-electron chi connectivity index (χ0n) is 14.8. The molecular formula is C22H14BrF3N2. The number of nitrogens with zero attached hydrogens (tertiary/aromatic N) is 2. The zero-order chi connectivity index (χ0) is 19.9. The Morgan fingerprint density at radius 2 is 1.39 bits per heavy atom. The van der Waals surface area contributed by atoms with Gasteiger partial charge < -0.3 is 0 Å². The van der Waals surface area contributed by atoms with Gasteiger partial charge in [0.05, 0.1) is 17.0 Å². The summed E-state index contributed by atoms with van der Waals surface area (Å²) in [4.78, 5) is 8.79. The highest BCUT2D eigenvalue weighted by atomic mass is 79.9. The van der Waals surface area contributed by atoms with E-state index in [9.17, 15) is 13.2 Å². The van der Waals surface area contributed by atoms with E-state index in [-0.39, 0.29) is 16.9 Å². The lowest BCUT2D eigenvalue weighted by molar-refractivity contribution is -0.136. The quantitative estimate of drug-likeness (QED) is 0.332. The van der Waals surface area contributed by atoms with Crippen LogP contribution >= 0.6 is 15.9 Å². The summed E-state index contributed by atoms with van der Waals surface area (Å²) in [5.74, 6) is 0. The molecule has 0 radical (unpaired) electrons. The molecular weight excluding hydrogens is 429 g/mol. The number of benzene rings is 2. The third kappa shape index (κ3) is 3.29. The van der Waals surface area contributed by atoms with Crippen LogP contribution in [0.5, 0.6) is 0 Å². The fraction of sp³-hybridized carbons (Fsp3) is 0.0909. The number of aryl methyl sites for hydroxylation is 1. The van der Waals surface area contributed by atoms with E-state index >= 15 is 0 Å². The van der Waals surface area contributed by atoms with Gasteiger partial charge in [-0.05, 0) is 34.5 Å². The van der Waals surface area contributed by atoms with E-state index in [1.165, 1.54) is 0 Å². The Labute approximate surface area is 168 Å². The van der Waals surface area contributed by atoms with Gasteiger partial charge in [-0.25, -0.2) is 9.97 Å². The van der Waals surface area contributed by atoms with Crippen LogP contribution < -0.4 is 0 Å². The van der Waals surface area contributed by atoms with Gasteiger partial charge in [0, 0.05) is 21.0 Å². The third-order valence-electron chi connectivity index (χ3n) is 4.50. The summed E-state index contributed by atoms with van der Waals surface area (Å²) in [7, 11) is 0. The molecule has 2 aromatic carbocycles. The molecule has 0 atom stereocenters. The number of hydrogen-bond donors (Lipinski definition) is 0. The molecule has 0 fully saturated rings. The number of hydrogen-bond acceptors (Lipinski definition) is 2. The standard InChI is InChI=1S/C22H14BrF3N2/c1-13-17(23)12-16-18(14-8-4-2-5-9-14)19(22(24,25)26)20(28-21(16)27-13)15-10-6-3-7-11-15/h2-12H,1H3. The molecule has 6 heteroatoms. The van der Waals surface area contributed by atoms with Crippen molar-refractivity contribution in [2.45, 2.75) is 13.1 Å². The maximum absolute atomic E-state index is 14.3. The molecule has 2 heterocycles. The molecule has 0 saturated carbocycles. The molecule has 0 aliphatic carbocycles. The topological polar surface area (TPSA) is 25.8 Å². The first-order chi connectivity index (χ1) is 13.4. The van der Waals surface area contributed by atoms with Crippen LogP contribution in [0.25, 0.3) is 33.4 Å². The highest BCUT2D eigenvalue weighted by molar-refractivity contribution is 9.10. The maximum Gasteiger partial charge on any atom is 0.419 e. The Balaban J connectivity index is 2.23. The van der Waals surface area contributed by atoms with E-state index in [0.29, 0.717) is 26.7 Å². The van der Waals surface area contributed by atoms with Crippen molar-refractivity contribution in [2.24, 2.45) is 0 Å². The van der Waals surface area contributed by atoms with E-state index in [4.69, 9.17) is 0 Å². The summed E-state index contributed by atoms with van der Waals surface area (Å²) in [5, 5.41) is 0.357. The summed E-state index contributed by atoms with van der Waals surface area (Å²) in [6.45, 7) is 1.78. The lowest BCUT2D eigenvalue weighted by Crippen LogP contribution is -2.12. The predicted molar refractivity (Wildman–Crippen MR) is 108 cm³/mol. The summed E-state index contributed by atoms with van der Waals surface area (Å²) in [6, 6.07) is 18.6. The van der Waals surface area contributed by atoms with Gasteiger partial charge in [-0.3, -0.25) is 0 Å². The fourth-order valence-corrected chi connectivity index (χ4v) is 3.56. The van der Waals surface area contributed by atoms with Crippen LogP contribution in [0, 0.1) is 6.92 Å². The zero-order valence-corrected chi connectivity index (χ0v) is 16.3. The summed E-state index contributed by atoms with van der Waals surface area (Å²) < 4.78 is 43.6. The second kappa shape index (κ2) is 7.02. The van der Waals surface area contributed by atoms with E-state index < -0.39 is 11.7 Å². The van der Waals surface area contributed by atoms with Crippen LogP contribution in [0.3, 0.4) is 0 Å². The number of aromatic nitrogens is 2. The van der Waals surface area contributed by atoms with Crippen LogP contribution in [-0.2, 0) is 6.18 Å². The van der Waals surface area contributed by atoms with Crippen molar-refractivity contribution in [2.75, 3.05) is 0 Å². The molecule has 0 unspecified atom stereocenters. The van der Waals surface area contributed by atoms with Gasteiger partial charge in [0.15, 0.2) is 5.65 Å². The first-order valence-electron chi connectivity index (χ1n) is 8.55. The molecule has 140 valence electrons. The highest BCUT2D eigenvalue weighted by Gasteiger charge is 2.39. The molecule has 0 aliphatic rings. The van der Waals surface area contributed by atoms with Crippen molar-refractivity contribution in [3.05, 3.63) is 82.5 Å². The highest BCUT2D eigenvalue weighted by Crippen LogP contribution is 2.45. The van der Waals surface area contributed by atoms with Crippen LogP contribution in [0.15, 0.2) is 71.2 Å². The largest absolute Gasteiger partial charge is 0.419 e. The van der Waals surface area contributed by atoms with Gasteiger partial charge in [0.2, 0.25) is 0 Å². The number of pyridine rings is 2. The Kier molecular flexibility index (Phi) is 4.67. The van der Waals surface area contributed by atoms with Gasteiger partial charge in [-0.1, -0.05) is 60.7 Å². The lowest BCUT2D eigenvalue weighted by Gasteiger charge is -2.20. The van der Waals surface area contributed by atoms with Crippen molar-refractivity contribution in [1.82, 2.24) is 9.97 Å². The lowest BCUT2D eigenvalue weighted by atomic mass is 9.92. The Morgan fingerprint density at radius 1 is 0.821 bits per heavy atom. The minimum atomic E-state index is -4.59. The average Bonchev–Trinajstić information content (AvgIpc) is 2.68. The number of alkyl halides is 3. The van der Waals surface area contributed by atoms with Gasteiger partial charge in [0.25, 0.3) is 0 Å². The molecule has 0 spiro atoms. The van der Waals surface area contributed by atoms with Gasteiger partial charge in [-0.15, -0.1) is 0 Å². The van der Waals surface area contributed by atoms with Crippen molar-refractivity contribution in [3.63, 3.8) is 0 Å². The van der Waals surface area contributed by atoms with Crippen LogP contribution in [0.2, 0.25) is 0 Å². The molecule has 4 rings (SSSR count). The van der Waals surface area contributed by atoms with Crippen LogP contribution in [0.4, 0.5) is 13.2 Å². The molecule has 0 N–H and O–H groups in total. The van der Waals surface area contributed by atoms with Crippen molar-refractivity contribution in [1.29, 1.82) is 0 Å². The van der Waals surface area contributed by atoms with Crippen LogP contribution in [0.1, 0.15) is 11.3 Å². The van der Waals surface area contributed by atoms with Crippen molar-refractivity contribution < 1.29 is 13.2 Å². The smallest absolute Gasteiger partial charge is 0.232 e. The fourth-order valence-electron chi connectivity index (χ4n) is 3.24. The second-order valence-electron chi connectivity index (χ2n) is 6.37. The average molecular weight is 443 g/mol. The van der Waals surface area contributed by atoms with Crippen LogP contribution in [-0.4, -0.2) is 9.97 Å². The number of fused-ring (bicyclic) bond motifs is 1. The first kappa shape index (κ1) is 18.6. The molecule has 2 aromatic heterocycles. The van der Waals surface area contributed by atoms with E-state index in [2.05, 4.69) is 25.9 Å². The van der Waals surface area contributed by atoms with Crippen molar-refractivity contribution >= 4 is 27.0 Å².